The predicted molar refractivity (Wildman–Crippen MR) is 89.0 cm³/mol. The second kappa shape index (κ2) is 7.64. The van der Waals surface area contributed by atoms with Crippen LogP contribution in [0.1, 0.15) is 13.3 Å². The molecule has 0 atom stereocenters. The zero-order valence-corrected chi connectivity index (χ0v) is 15.1. The normalized spacial score (nSPS) is 12.2. The molecule has 2 aromatic rings. The molecule has 0 amide bonds. The summed E-state index contributed by atoms with van der Waals surface area (Å²) in [6, 6.07) is 5.67. The van der Waals surface area contributed by atoms with E-state index in [9.17, 15) is 30.0 Å². The minimum absolute atomic E-state index is 0.0800. The highest BCUT2D eigenvalue weighted by Gasteiger charge is 2.24. The maximum absolute atomic E-state index is 13.7. The van der Waals surface area contributed by atoms with Gasteiger partial charge in [0.15, 0.2) is 17.5 Å². The van der Waals surface area contributed by atoms with Crippen LogP contribution in [-0.4, -0.2) is 23.4 Å². The third kappa shape index (κ3) is 4.34. The molecule has 26 heavy (non-hydrogen) atoms. The van der Waals surface area contributed by atoms with E-state index < -0.39 is 42.4 Å². The van der Waals surface area contributed by atoms with E-state index in [-0.39, 0.29) is 17.1 Å². The standard InChI is InChI=1S/C15H15F3N2O4S2/c1-2-9-19-25(21,22)11-5-3-10(4-6-11)20-26(23,24)13-8-7-12(16)14(17)15(13)18/h3-8,19-20H,2,9H2,1H3. The highest BCUT2D eigenvalue weighted by atomic mass is 32.2. The Morgan fingerprint density at radius 1 is 0.846 bits per heavy atom. The number of anilines is 1. The SMILES string of the molecule is CCCNS(=O)(=O)c1ccc(NS(=O)(=O)c2ccc(F)c(F)c2F)cc1. The molecule has 0 spiro atoms. The molecule has 2 rings (SSSR count). The van der Waals surface area contributed by atoms with Gasteiger partial charge in [-0.3, -0.25) is 4.72 Å². The van der Waals surface area contributed by atoms with Gasteiger partial charge in [-0.1, -0.05) is 6.92 Å². The molecule has 0 aromatic heterocycles. The van der Waals surface area contributed by atoms with Crippen LogP contribution in [0.15, 0.2) is 46.2 Å². The van der Waals surface area contributed by atoms with Crippen molar-refractivity contribution < 1.29 is 30.0 Å². The lowest BCUT2D eigenvalue weighted by Gasteiger charge is -2.10. The first-order valence-electron chi connectivity index (χ1n) is 7.34. The Kier molecular flexibility index (Phi) is 5.94. The summed E-state index contributed by atoms with van der Waals surface area (Å²) in [5.41, 5.74) is -0.0800. The largest absolute Gasteiger partial charge is 0.280 e. The van der Waals surface area contributed by atoms with Crippen LogP contribution in [0.2, 0.25) is 0 Å². The fourth-order valence-corrected chi connectivity index (χ4v) is 4.21. The van der Waals surface area contributed by atoms with Crippen molar-refractivity contribution in [1.82, 2.24) is 4.72 Å². The Morgan fingerprint density at radius 2 is 1.46 bits per heavy atom. The summed E-state index contributed by atoms with van der Waals surface area (Å²) in [4.78, 5) is -1.16. The fraction of sp³-hybridized carbons (Fsp3) is 0.200. The molecule has 0 unspecified atom stereocenters. The number of hydrogen-bond donors (Lipinski definition) is 2. The molecule has 0 saturated heterocycles. The predicted octanol–water partition coefficient (Wildman–Crippen LogP) is 2.59. The van der Waals surface area contributed by atoms with Gasteiger partial charge in [-0.25, -0.2) is 34.7 Å². The third-order valence-electron chi connectivity index (χ3n) is 3.25. The lowest BCUT2D eigenvalue weighted by molar-refractivity contribution is 0.432. The first-order valence-corrected chi connectivity index (χ1v) is 10.3. The van der Waals surface area contributed by atoms with E-state index >= 15 is 0 Å². The van der Waals surface area contributed by atoms with Crippen LogP contribution in [0.25, 0.3) is 0 Å². The first-order chi connectivity index (χ1) is 12.1. The second-order valence-corrected chi connectivity index (χ2v) is 8.62. The number of nitrogens with one attached hydrogen (secondary N) is 2. The van der Waals surface area contributed by atoms with E-state index in [4.69, 9.17) is 0 Å². The third-order valence-corrected chi connectivity index (χ3v) is 6.12. The highest BCUT2D eigenvalue weighted by Crippen LogP contribution is 2.23. The molecule has 0 heterocycles. The molecule has 2 aromatic carbocycles. The summed E-state index contributed by atoms with van der Waals surface area (Å²) in [5.74, 6) is -5.27. The van der Waals surface area contributed by atoms with Crippen LogP contribution < -0.4 is 9.44 Å². The van der Waals surface area contributed by atoms with E-state index in [2.05, 4.69) is 4.72 Å². The Labute approximate surface area is 149 Å². The summed E-state index contributed by atoms with van der Waals surface area (Å²) in [5, 5.41) is 0. The molecule has 0 aliphatic rings. The van der Waals surface area contributed by atoms with Crippen LogP contribution in [0.4, 0.5) is 18.9 Å². The van der Waals surface area contributed by atoms with Gasteiger partial charge < -0.3 is 0 Å². The van der Waals surface area contributed by atoms with E-state index in [0.717, 1.165) is 24.3 Å². The van der Waals surface area contributed by atoms with Gasteiger partial charge >= 0.3 is 0 Å². The molecule has 0 saturated carbocycles. The number of sulfonamides is 2. The van der Waals surface area contributed by atoms with E-state index in [1.165, 1.54) is 0 Å². The van der Waals surface area contributed by atoms with E-state index in [1.54, 1.807) is 6.92 Å². The molecule has 0 fully saturated rings. The van der Waals surface area contributed by atoms with Gasteiger partial charge in [0.2, 0.25) is 10.0 Å². The number of halogens is 3. The van der Waals surface area contributed by atoms with Crippen molar-refractivity contribution >= 4 is 25.7 Å². The van der Waals surface area contributed by atoms with Gasteiger partial charge in [0.1, 0.15) is 4.90 Å². The molecule has 11 heteroatoms. The number of rotatable bonds is 7. The molecule has 0 bridgehead atoms. The number of benzene rings is 2. The van der Waals surface area contributed by atoms with Gasteiger partial charge in [-0.15, -0.1) is 0 Å². The van der Waals surface area contributed by atoms with Crippen molar-refractivity contribution in [3.8, 4) is 0 Å². The van der Waals surface area contributed by atoms with E-state index in [1.807, 2.05) is 4.72 Å². The zero-order valence-electron chi connectivity index (χ0n) is 13.5. The average molecular weight is 408 g/mol. The molecular formula is C15H15F3N2O4S2. The topological polar surface area (TPSA) is 92.3 Å². The number of hydrogen-bond acceptors (Lipinski definition) is 4. The molecular weight excluding hydrogens is 393 g/mol. The maximum Gasteiger partial charge on any atom is 0.264 e. The van der Waals surface area contributed by atoms with Gasteiger partial charge in [-0.05, 0) is 42.8 Å². The lowest BCUT2D eigenvalue weighted by atomic mass is 10.3. The quantitative estimate of drug-likeness (QED) is 0.689. The average Bonchev–Trinajstić information content (AvgIpc) is 2.58. The Morgan fingerprint density at radius 3 is 2.04 bits per heavy atom. The zero-order chi connectivity index (χ0) is 19.5. The van der Waals surface area contributed by atoms with Crippen LogP contribution in [0.3, 0.4) is 0 Å². The Bertz CT molecular complexity index is 1010. The maximum atomic E-state index is 13.7. The smallest absolute Gasteiger partial charge is 0.264 e. The summed E-state index contributed by atoms with van der Waals surface area (Å²) < 4.78 is 92.3. The van der Waals surface area contributed by atoms with Gasteiger partial charge in [0.25, 0.3) is 10.0 Å². The van der Waals surface area contributed by atoms with Crippen molar-refractivity contribution in [2.24, 2.45) is 0 Å². The van der Waals surface area contributed by atoms with Gasteiger partial charge in [-0.2, -0.15) is 0 Å². The monoisotopic (exact) mass is 408 g/mol. The van der Waals surface area contributed by atoms with Gasteiger partial charge in [0, 0.05) is 12.2 Å². The Balaban J connectivity index is 2.27. The molecule has 0 aliphatic heterocycles. The van der Waals surface area contributed by atoms with Crippen LogP contribution >= 0.6 is 0 Å². The minimum Gasteiger partial charge on any atom is -0.280 e. The van der Waals surface area contributed by atoms with Crippen molar-refractivity contribution in [3.63, 3.8) is 0 Å². The van der Waals surface area contributed by atoms with Crippen LogP contribution in [0.5, 0.6) is 0 Å². The molecule has 2 N–H and O–H groups in total. The first kappa shape index (κ1) is 20.2. The Hall–Kier alpha value is -2.11. The molecule has 0 radical (unpaired) electrons. The van der Waals surface area contributed by atoms with Crippen LogP contribution in [0, 0.1) is 17.5 Å². The van der Waals surface area contributed by atoms with Crippen molar-refractivity contribution in [1.29, 1.82) is 0 Å². The van der Waals surface area contributed by atoms with Crippen molar-refractivity contribution in [2.45, 2.75) is 23.1 Å². The lowest BCUT2D eigenvalue weighted by Crippen LogP contribution is -2.24. The van der Waals surface area contributed by atoms with Crippen molar-refractivity contribution in [2.75, 3.05) is 11.3 Å². The summed E-state index contributed by atoms with van der Waals surface area (Å²) >= 11 is 0. The van der Waals surface area contributed by atoms with Gasteiger partial charge in [0.05, 0.1) is 4.90 Å². The minimum atomic E-state index is -4.54. The summed E-state index contributed by atoms with van der Waals surface area (Å²) in [7, 11) is -8.27. The second-order valence-electron chi connectivity index (χ2n) is 5.20. The van der Waals surface area contributed by atoms with Crippen LogP contribution in [-0.2, 0) is 20.0 Å². The molecule has 142 valence electrons. The summed E-state index contributed by atoms with van der Waals surface area (Å²) in [6.07, 6.45) is 0.594. The molecule has 6 nitrogen and oxygen atoms in total. The summed E-state index contributed by atoms with van der Waals surface area (Å²) in [6.45, 7) is 2.03. The fourth-order valence-electron chi connectivity index (χ4n) is 1.95. The van der Waals surface area contributed by atoms with E-state index in [0.29, 0.717) is 18.6 Å². The molecule has 0 aliphatic carbocycles. The van der Waals surface area contributed by atoms with Crippen molar-refractivity contribution in [3.05, 3.63) is 53.8 Å². The highest BCUT2D eigenvalue weighted by molar-refractivity contribution is 7.92.